The molecule has 0 saturated carbocycles. The van der Waals surface area contributed by atoms with Gasteiger partial charge < -0.3 is 0 Å². The maximum absolute atomic E-state index is 12.0. The minimum atomic E-state index is -3.55. The fourth-order valence-electron chi connectivity index (χ4n) is 1.33. The fraction of sp³-hybridized carbons (Fsp3) is 0.455. The van der Waals surface area contributed by atoms with E-state index in [1.165, 1.54) is 45.3 Å². The molecule has 0 N–H and O–H groups in total. The Labute approximate surface area is 119 Å². The van der Waals surface area contributed by atoms with Crippen LogP contribution in [-0.2, 0) is 19.9 Å². The first-order valence-corrected chi connectivity index (χ1v) is 8.98. The van der Waals surface area contributed by atoms with Gasteiger partial charge in [-0.25, -0.2) is 21.1 Å². The Balaban J connectivity index is 3.22. The molecule has 5 nitrogen and oxygen atoms in total. The molecule has 0 aliphatic carbocycles. The average Bonchev–Trinajstić information content (AvgIpc) is 2.37. The van der Waals surface area contributed by atoms with E-state index >= 15 is 0 Å². The minimum absolute atomic E-state index is 0.0138. The summed E-state index contributed by atoms with van der Waals surface area (Å²) in [6, 6.07) is 5.13. The number of hydrogen-bond acceptors (Lipinski definition) is 4. The van der Waals surface area contributed by atoms with Gasteiger partial charge in [0.2, 0.25) is 10.0 Å². The Morgan fingerprint density at radius 2 is 1.47 bits per heavy atom. The molecule has 0 saturated heterocycles. The molecule has 108 valence electrons. The van der Waals surface area contributed by atoms with Crippen molar-refractivity contribution in [1.29, 1.82) is 0 Å². The molecule has 1 aromatic carbocycles. The van der Waals surface area contributed by atoms with Gasteiger partial charge in [-0.05, 0) is 31.2 Å². The van der Waals surface area contributed by atoms with Crippen molar-refractivity contribution in [2.24, 2.45) is 0 Å². The maximum atomic E-state index is 12.0. The number of halogens is 1. The summed E-state index contributed by atoms with van der Waals surface area (Å²) in [7, 11) is -4.24. The highest BCUT2D eigenvalue weighted by Gasteiger charge is 2.24. The van der Waals surface area contributed by atoms with Crippen molar-refractivity contribution < 1.29 is 16.8 Å². The quantitative estimate of drug-likeness (QED) is 0.766. The zero-order valence-corrected chi connectivity index (χ0v) is 13.3. The van der Waals surface area contributed by atoms with E-state index in [9.17, 15) is 16.8 Å². The molecule has 0 fully saturated rings. The smallest absolute Gasteiger partial charge is 0.223 e. The molecule has 0 amide bonds. The Morgan fingerprint density at radius 3 is 1.84 bits per heavy atom. The maximum Gasteiger partial charge on any atom is 0.242 e. The molecule has 1 aromatic rings. The molecule has 0 aliphatic heterocycles. The monoisotopic (exact) mass is 325 g/mol. The highest BCUT2D eigenvalue weighted by molar-refractivity contribution is 7.92. The highest BCUT2D eigenvalue weighted by atomic mass is 35.5. The van der Waals surface area contributed by atoms with Gasteiger partial charge in [0.15, 0.2) is 9.84 Å². The number of nitrogens with zero attached hydrogens (tertiary/aromatic N) is 1. The summed E-state index contributed by atoms with van der Waals surface area (Å²) in [6.07, 6.45) is 0. The predicted molar refractivity (Wildman–Crippen MR) is 74.7 cm³/mol. The lowest BCUT2D eigenvalue weighted by atomic mass is 10.4. The summed E-state index contributed by atoms with van der Waals surface area (Å²) >= 11 is 5.55. The molecule has 1 rings (SSSR count). The topological polar surface area (TPSA) is 71.5 Å². The first-order valence-electron chi connectivity index (χ1n) is 5.46. The van der Waals surface area contributed by atoms with E-state index in [2.05, 4.69) is 0 Å². The Kier molecular flexibility index (Phi) is 5.00. The standard InChI is InChI=1S/C11H16ClNO4S2/c1-9(8-12)18(14,15)10-4-6-11(7-5-10)19(16,17)13(2)3/h4-7,9H,8H2,1-3H3. The molecule has 0 aliphatic rings. The van der Waals surface area contributed by atoms with Crippen molar-refractivity contribution in [3.8, 4) is 0 Å². The third kappa shape index (κ3) is 3.28. The molecule has 1 atom stereocenters. The van der Waals surface area contributed by atoms with Gasteiger partial charge in [0.25, 0.3) is 0 Å². The molecule has 0 spiro atoms. The first kappa shape index (κ1) is 16.4. The second-order valence-electron chi connectivity index (χ2n) is 4.27. The van der Waals surface area contributed by atoms with Gasteiger partial charge in [-0.15, -0.1) is 11.6 Å². The first-order chi connectivity index (χ1) is 8.64. The van der Waals surface area contributed by atoms with E-state index in [1.54, 1.807) is 0 Å². The van der Waals surface area contributed by atoms with Crippen molar-refractivity contribution in [3.63, 3.8) is 0 Å². The summed E-state index contributed by atoms with van der Waals surface area (Å²) in [5.74, 6) is -0.0138. The van der Waals surface area contributed by atoms with E-state index in [0.29, 0.717) is 0 Å². The van der Waals surface area contributed by atoms with Crippen molar-refractivity contribution in [1.82, 2.24) is 4.31 Å². The van der Waals surface area contributed by atoms with Crippen LogP contribution in [0.15, 0.2) is 34.1 Å². The van der Waals surface area contributed by atoms with Crippen LogP contribution in [0.4, 0.5) is 0 Å². The third-order valence-corrected chi connectivity index (χ3v) is 7.31. The van der Waals surface area contributed by atoms with E-state index in [-0.39, 0.29) is 15.7 Å². The normalized spacial score (nSPS) is 14.6. The molecule has 0 aromatic heterocycles. The predicted octanol–water partition coefficient (Wildman–Crippen LogP) is 1.34. The summed E-state index contributed by atoms with van der Waals surface area (Å²) in [5, 5.41) is -0.717. The molecule has 19 heavy (non-hydrogen) atoms. The number of sulfone groups is 1. The fourth-order valence-corrected chi connectivity index (χ4v) is 3.87. The van der Waals surface area contributed by atoms with E-state index < -0.39 is 25.1 Å². The van der Waals surface area contributed by atoms with Gasteiger partial charge in [0.05, 0.1) is 15.0 Å². The van der Waals surface area contributed by atoms with Gasteiger partial charge in [-0.3, -0.25) is 0 Å². The van der Waals surface area contributed by atoms with Crippen LogP contribution < -0.4 is 0 Å². The van der Waals surface area contributed by atoms with Gasteiger partial charge in [-0.1, -0.05) is 0 Å². The van der Waals surface area contributed by atoms with Crippen LogP contribution in [0.1, 0.15) is 6.92 Å². The van der Waals surface area contributed by atoms with Crippen LogP contribution >= 0.6 is 11.6 Å². The van der Waals surface area contributed by atoms with Crippen molar-refractivity contribution in [3.05, 3.63) is 24.3 Å². The van der Waals surface area contributed by atoms with Gasteiger partial charge in [0, 0.05) is 20.0 Å². The number of benzene rings is 1. The number of rotatable bonds is 5. The second-order valence-corrected chi connectivity index (χ2v) is 9.10. The lowest BCUT2D eigenvalue weighted by Gasteiger charge is -2.13. The highest BCUT2D eigenvalue weighted by Crippen LogP contribution is 2.20. The Bertz CT molecular complexity index is 636. The molecule has 0 heterocycles. The van der Waals surface area contributed by atoms with E-state index in [1.807, 2.05) is 0 Å². The third-order valence-electron chi connectivity index (χ3n) is 2.68. The van der Waals surface area contributed by atoms with Crippen LogP contribution in [0.3, 0.4) is 0 Å². The zero-order chi connectivity index (χ0) is 14.8. The SMILES string of the molecule is CC(CCl)S(=O)(=O)c1ccc(S(=O)(=O)N(C)C)cc1. The number of hydrogen-bond donors (Lipinski definition) is 0. The molecular formula is C11H16ClNO4S2. The molecule has 0 radical (unpaired) electrons. The van der Waals surface area contributed by atoms with Crippen LogP contribution in [0.2, 0.25) is 0 Å². The zero-order valence-electron chi connectivity index (χ0n) is 10.9. The van der Waals surface area contributed by atoms with Crippen molar-refractivity contribution in [2.75, 3.05) is 20.0 Å². The Hall–Kier alpha value is -0.630. The number of sulfonamides is 1. The average molecular weight is 326 g/mol. The van der Waals surface area contributed by atoms with Crippen LogP contribution in [0.25, 0.3) is 0 Å². The summed E-state index contributed by atoms with van der Waals surface area (Å²) < 4.78 is 48.8. The minimum Gasteiger partial charge on any atom is -0.223 e. The second kappa shape index (κ2) is 5.78. The molecular weight excluding hydrogens is 310 g/mol. The van der Waals surface area contributed by atoms with Crippen LogP contribution in [0, 0.1) is 0 Å². The molecule has 8 heteroatoms. The van der Waals surface area contributed by atoms with Gasteiger partial charge in [-0.2, -0.15) is 0 Å². The van der Waals surface area contributed by atoms with Crippen molar-refractivity contribution in [2.45, 2.75) is 22.0 Å². The van der Waals surface area contributed by atoms with Gasteiger partial charge in [0.1, 0.15) is 0 Å². The van der Waals surface area contributed by atoms with E-state index in [4.69, 9.17) is 11.6 Å². The van der Waals surface area contributed by atoms with Crippen LogP contribution in [-0.4, -0.2) is 46.4 Å². The summed E-state index contributed by atoms with van der Waals surface area (Å²) in [4.78, 5) is 0.119. The summed E-state index contributed by atoms with van der Waals surface area (Å²) in [6.45, 7) is 1.51. The van der Waals surface area contributed by atoms with E-state index in [0.717, 1.165) is 4.31 Å². The molecule has 1 unspecified atom stereocenters. The lowest BCUT2D eigenvalue weighted by molar-refractivity contribution is 0.520. The molecule has 0 bridgehead atoms. The van der Waals surface area contributed by atoms with Gasteiger partial charge >= 0.3 is 0 Å². The van der Waals surface area contributed by atoms with Crippen LogP contribution in [0.5, 0.6) is 0 Å². The Morgan fingerprint density at radius 1 is 1.05 bits per heavy atom. The number of alkyl halides is 1. The van der Waals surface area contributed by atoms with Crippen molar-refractivity contribution >= 4 is 31.5 Å². The lowest BCUT2D eigenvalue weighted by Crippen LogP contribution is -2.22. The summed E-state index contributed by atoms with van der Waals surface area (Å²) in [5.41, 5.74) is 0. The largest absolute Gasteiger partial charge is 0.242 e.